The van der Waals surface area contributed by atoms with E-state index in [0.29, 0.717) is 12.8 Å². The molecule has 0 saturated carbocycles. The van der Waals surface area contributed by atoms with Crippen LogP contribution in [-0.4, -0.2) is 33.3 Å². The largest absolute Gasteiger partial charge is 0.426 e. The highest BCUT2D eigenvalue weighted by Crippen LogP contribution is 2.39. The summed E-state index contributed by atoms with van der Waals surface area (Å²) in [6, 6.07) is 0. The van der Waals surface area contributed by atoms with E-state index in [1.54, 1.807) is 13.2 Å². The molecule has 5 heteroatoms. The van der Waals surface area contributed by atoms with Crippen LogP contribution in [0.2, 0.25) is 18.1 Å². The first-order valence-corrected chi connectivity index (χ1v) is 10.6. The maximum atomic E-state index is 11.3. The molecule has 1 aliphatic heterocycles. The van der Waals surface area contributed by atoms with Crippen molar-refractivity contribution in [2.75, 3.05) is 7.11 Å². The molecule has 1 rings (SSSR count). The number of hydrogen-bond donors (Lipinski definition) is 0. The minimum atomic E-state index is -1.88. The van der Waals surface area contributed by atoms with Crippen molar-refractivity contribution < 1.29 is 18.7 Å². The summed E-state index contributed by atoms with van der Waals surface area (Å²) in [6.07, 6.45) is 4.29. The minimum Gasteiger partial charge on any atom is -0.426 e. The lowest BCUT2D eigenvalue weighted by Gasteiger charge is -2.40. The van der Waals surface area contributed by atoms with Crippen molar-refractivity contribution in [3.63, 3.8) is 0 Å². The first-order chi connectivity index (χ1) is 9.92. The molecule has 0 amide bonds. The molecule has 0 N–H and O–H groups in total. The molecular weight excluding hydrogens is 296 g/mol. The second kappa shape index (κ2) is 6.68. The molecule has 0 aliphatic carbocycles. The topological polar surface area (TPSA) is 44.8 Å². The quantitative estimate of drug-likeness (QED) is 0.400. The standard InChI is InChI=1S/C17H30O4Si/c1-13(2)14(21-22(7,8)16(3,4)5)9-11-17(19-6)12-10-15(18)20-17/h10,12,14H,1,9,11H2,2-8H3. The number of rotatable bonds is 7. The normalized spacial score (nSPS) is 23.5. The van der Waals surface area contributed by atoms with E-state index in [0.717, 1.165) is 5.57 Å². The van der Waals surface area contributed by atoms with Gasteiger partial charge in [0.25, 0.3) is 0 Å². The fourth-order valence-corrected chi connectivity index (χ4v) is 3.43. The van der Waals surface area contributed by atoms with E-state index < -0.39 is 14.1 Å². The Morgan fingerprint density at radius 3 is 2.41 bits per heavy atom. The number of carbonyl (C=O) groups is 1. The molecule has 0 fully saturated rings. The maximum Gasteiger partial charge on any atom is 0.333 e. The summed E-state index contributed by atoms with van der Waals surface area (Å²) in [6.45, 7) is 17.1. The van der Waals surface area contributed by atoms with Gasteiger partial charge in [-0.1, -0.05) is 32.9 Å². The van der Waals surface area contributed by atoms with Crippen LogP contribution in [0.15, 0.2) is 24.3 Å². The second-order valence-electron chi connectivity index (χ2n) is 7.52. The fourth-order valence-electron chi connectivity index (χ4n) is 2.05. The van der Waals surface area contributed by atoms with Crippen LogP contribution in [0, 0.1) is 0 Å². The molecule has 0 aromatic carbocycles. The van der Waals surface area contributed by atoms with Gasteiger partial charge in [0.2, 0.25) is 5.79 Å². The highest BCUT2D eigenvalue weighted by molar-refractivity contribution is 6.74. The Bertz CT molecular complexity index is 462. The first-order valence-electron chi connectivity index (χ1n) is 7.73. The Balaban J connectivity index is 2.76. The molecule has 2 unspecified atom stereocenters. The Labute approximate surface area is 135 Å². The maximum absolute atomic E-state index is 11.3. The van der Waals surface area contributed by atoms with Crippen LogP contribution in [-0.2, 0) is 18.7 Å². The number of esters is 1. The average molecular weight is 327 g/mol. The molecule has 1 aliphatic rings. The van der Waals surface area contributed by atoms with Gasteiger partial charge in [-0.25, -0.2) is 4.79 Å². The van der Waals surface area contributed by atoms with Crippen molar-refractivity contribution in [1.29, 1.82) is 0 Å². The molecule has 0 radical (unpaired) electrons. The molecule has 2 atom stereocenters. The summed E-state index contributed by atoms with van der Waals surface area (Å²) in [7, 11) is -0.334. The Hall–Kier alpha value is -0.913. The van der Waals surface area contributed by atoms with E-state index in [4.69, 9.17) is 13.9 Å². The lowest BCUT2D eigenvalue weighted by molar-refractivity contribution is -0.191. The highest BCUT2D eigenvalue weighted by Gasteiger charge is 2.41. The van der Waals surface area contributed by atoms with Gasteiger partial charge in [-0.15, -0.1) is 0 Å². The second-order valence-corrected chi connectivity index (χ2v) is 12.3. The van der Waals surface area contributed by atoms with Crippen molar-refractivity contribution in [3.05, 3.63) is 24.3 Å². The Morgan fingerprint density at radius 1 is 1.45 bits per heavy atom. The van der Waals surface area contributed by atoms with Crippen molar-refractivity contribution in [3.8, 4) is 0 Å². The Kier molecular flexibility index (Phi) is 5.81. The summed E-state index contributed by atoms with van der Waals surface area (Å²) < 4.78 is 17.1. The zero-order valence-corrected chi connectivity index (χ0v) is 16.0. The molecular formula is C17H30O4Si. The summed E-state index contributed by atoms with van der Waals surface area (Å²) in [5, 5.41) is 0.138. The molecule has 0 saturated heterocycles. The zero-order chi connectivity index (χ0) is 17.2. The molecule has 4 nitrogen and oxygen atoms in total. The lowest BCUT2D eigenvalue weighted by Crippen LogP contribution is -2.44. The van der Waals surface area contributed by atoms with E-state index >= 15 is 0 Å². The van der Waals surface area contributed by atoms with Crippen LogP contribution in [0.5, 0.6) is 0 Å². The van der Waals surface area contributed by atoms with Crippen molar-refractivity contribution in [2.45, 2.75) is 70.6 Å². The third kappa shape index (κ3) is 4.54. The molecule has 0 aromatic rings. The van der Waals surface area contributed by atoms with Crippen LogP contribution in [0.3, 0.4) is 0 Å². The van der Waals surface area contributed by atoms with E-state index in [-0.39, 0.29) is 17.1 Å². The van der Waals surface area contributed by atoms with Crippen LogP contribution in [0.1, 0.15) is 40.5 Å². The molecule has 0 bridgehead atoms. The number of carbonyl (C=O) groups excluding carboxylic acids is 1. The van der Waals surface area contributed by atoms with E-state index in [2.05, 4.69) is 40.4 Å². The number of hydrogen-bond acceptors (Lipinski definition) is 4. The number of cyclic esters (lactones) is 1. The SMILES string of the molecule is C=C(C)C(CCC1(OC)C=CC(=O)O1)O[Si](C)(C)C(C)(C)C. The van der Waals surface area contributed by atoms with Crippen LogP contribution >= 0.6 is 0 Å². The monoisotopic (exact) mass is 326 g/mol. The van der Waals surface area contributed by atoms with Crippen LogP contribution < -0.4 is 0 Å². The lowest BCUT2D eigenvalue weighted by atomic mass is 10.0. The van der Waals surface area contributed by atoms with E-state index in [1.807, 2.05) is 6.92 Å². The van der Waals surface area contributed by atoms with Crippen molar-refractivity contribution in [2.24, 2.45) is 0 Å². The van der Waals surface area contributed by atoms with Gasteiger partial charge in [-0.2, -0.15) is 0 Å². The van der Waals surface area contributed by atoms with Crippen LogP contribution in [0.4, 0.5) is 0 Å². The van der Waals surface area contributed by atoms with E-state index in [1.165, 1.54) is 6.08 Å². The van der Waals surface area contributed by atoms with Gasteiger partial charge in [0.1, 0.15) is 0 Å². The van der Waals surface area contributed by atoms with Gasteiger partial charge in [-0.3, -0.25) is 0 Å². The van der Waals surface area contributed by atoms with Gasteiger partial charge in [-0.05, 0) is 37.6 Å². The molecule has 22 heavy (non-hydrogen) atoms. The van der Waals surface area contributed by atoms with Gasteiger partial charge in [0, 0.05) is 19.6 Å². The highest BCUT2D eigenvalue weighted by atomic mass is 28.4. The molecule has 1 heterocycles. The summed E-state index contributed by atoms with van der Waals surface area (Å²) >= 11 is 0. The van der Waals surface area contributed by atoms with Gasteiger partial charge < -0.3 is 13.9 Å². The smallest absolute Gasteiger partial charge is 0.333 e. The number of ether oxygens (including phenoxy) is 2. The third-order valence-electron chi connectivity index (χ3n) is 4.64. The summed E-state index contributed by atoms with van der Waals surface area (Å²) in [5.74, 6) is -1.32. The van der Waals surface area contributed by atoms with Gasteiger partial charge in [0.15, 0.2) is 8.32 Å². The predicted molar refractivity (Wildman–Crippen MR) is 91.1 cm³/mol. The molecule has 0 aromatic heterocycles. The average Bonchev–Trinajstić information content (AvgIpc) is 2.75. The van der Waals surface area contributed by atoms with E-state index in [9.17, 15) is 4.79 Å². The van der Waals surface area contributed by atoms with Crippen LogP contribution in [0.25, 0.3) is 0 Å². The third-order valence-corrected chi connectivity index (χ3v) is 9.13. The van der Waals surface area contributed by atoms with Gasteiger partial charge in [0.05, 0.1) is 6.10 Å². The van der Waals surface area contributed by atoms with Gasteiger partial charge >= 0.3 is 5.97 Å². The predicted octanol–water partition coefficient (Wildman–Crippen LogP) is 4.19. The minimum absolute atomic E-state index is 0.0550. The molecule has 0 spiro atoms. The number of methoxy groups -OCH3 is 1. The zero-order valence-electron chi connectivity index (χ0n) is 15.0. The van der Waals surface area contributed by atoms with Crippen molar-refractivity contribution >= 4 is 14.3 Å². The first kappa shape index (κ1) is 19.1. The van der Waals surface area contributed by atoms with Crippen molar-refractivity contribution in [1.82, 2.24) is 0 Å². The molecule has 126 valence electrons. The fraction of sp³-hybridized carbons (Fsp3) is 0.706. The summed E-state index contributed by atoms with van der Waals surface area (Å²) in [5.41, 5.74) is 0.990. The summed E-state index contributed by atoms with van der Waals surface area (Å²) in [4.78, 5) is 11.3. The Morgan fingerprint density at radius 2 is 2.05 bits per heavy atom.